The molecule has 1 amide bonds. The first-order chi connectivity index (χ1) is 13.9. The Bertz CT molecular complexity index is 1120. The highest BCUT2D eigenvalue weighted by Gasteiger charge is 2.11. The van der Waals surface area contributed by atoms with Crippen LogP contribution in [0.4, 0.5) is 10.5 Å². The van der Waals surface area contributed by atoms with Gasteiger partial charge in [0.1, 0.15) is 0 Å². The molecule has 7 nitrogen and oxygen atoms in total. The second-order valence-electron chi connectivity index (χ2n) is 6.57. The topological polar surface area (TPSA) is 101 Å². The van der Waals surface area contributed by atoms with Gasteiger partial charge in [0.25, 0.3) is 5.56 Å². The molecule has 2 aromatic heterocycles. The zero-order valence-electron chi connectivity index (χ0n) is 16.4. The van der Waals surface area contributed by atoms with Crippen LogP contribution in [0.5, 0.6) is 5.75 Å². The van der Waals surface area contributed by atoms with Gasteiger partial charge in [-0.05, 0) is 56.7 Å². The van der Waals surface area contributed by atoms with Gasteiger partial charge in [0.15, 0.2) is 11.5 Å². The van der Waals surface area contributed by atoms with Crippen molar-refractivity contribution in [2.45, 2.75) is 27.2 Å². The molecule has 0 bridgehead atoms. The number of nitrogens with one attached hydrogen (secondary N) is 2. The van der Waals surface area contributed by atoms with E-state index in [0.717, 1.165) is 11.1 Å². The van der Waals surface area contributed by atoms with Crippen LogP contribution in [0.15, 0.2) is 53.6 Å². The Balaban J connectivity index is 1.77. The maximum atomic E-state index is 12.2. The third-order valence-corrected chi connectivity index (χ3v) is 4.47. The second-order valence-corrected chi connectivity index (χ2v) is 6.57. The third kappa shape index (κ3) is 4.76. The van der Waals surface area contributed by atoms with Crippen molar-refractivity contribution >= 4 is 17.6 Å². The Kier molecular flexibility index (Phi) is 5.87. The Hall–Kier alpha value is -3.74. The number of hydrogen-bond donors (Lipinski definition) is 2. The molecule has 0 aliphatic rings. The van der Waals surface area contributed by atoms with Gasteiger partial charge in [0.2, 0.25) is 0 Å². The molecule has 2 N–H and O–H groups in total. The van der Waals surface area contributed by atoms with Gasteiger partial charge >= 0.3 is 6.09 Å². The average Bonchev–Trinajstić information content (AvgIpc) is 2.68. The van der Waals surface area contributed by atoms with Gasteiger partial charge in [-0.25, -0.2) is 4.79 Å². The number of carbonyl (C=O) groups is 2. The summed E-state index contributed by atoms with van der Waals surface area (Å²) in [4.78, 5) is 42.4. The van der Waals surface area contributed by atoms with E-state index in [2.05, 4.69) is 15.3 Å². The van der Waals surface area contributed by atoms with Crippen molar-refractivity contribution in [3.63, 3.8) is 0 Å². The number of rotatable bonds is 5. The lowest BCUT2D eigenvalue weighted by molar-refractivity contribution is 0.101. The quantitative estimate of drug-likeness (QED) is 0.637. The summed E-state index contributed by atoms with van der Waals surface area (Å²) in [5.74, 6) is 0.217. The number of aromatic amines is 1. The second kappa shape index (κ2) is 8.52. The monoisotopic (exact) mass is 391 g/mol. The number of pyridine rings is 2. The minimum atomic E-state index is -0.674. The van der Waals surface area contributed by atoms with E-state index in [-0.39, 0.29) is 17.1 Å². The van der Waals surface area contributed by atoms with Crippen LogP contribution in [0.3, 0.4) is 0 Å². The van der Waals surface area contributed by atoms with Crippen LogP contribution in [0.1, 0.15) is 35.5 Å². The minimum absolute atomic E-state index is 0.0502. The summed E-state index contributed by atoms with van der Waals surface area (Å²) in [6, 6.07) is 10.0. The number of nitrogens with zero attached hydrogens (tertiary/aromatic N) is 1. The van der Waals surface area contributed by atoms with Crippen LogP contribution in [-0.2, 0) is 6.42 Å². The van der Waals surface area contributed by atoms with Crippen molar-refractivity contribution in [2.75, 3.05) is 5.32 Å². The Morgan fingerprint density at radius 1 is 1.14 bits per heavy atom. The van der Waals surface area contributed by atoms with Gasteiger partial charge in [-0.3, -0.25) is 19.9 Å². The molecular formula is C22H21N3O4. The molecule has 3 aromatic rings. The molecule has 0 saturated carbocycles. The van der Waals surface area contributed by atoms with Crippen molar-refractivity contribution in [3.8, 4) is 16.9 Å². The number of ether oxygens (including phenoxy) is 1. The van der Waals surface area contributed by atoms with Gasteiger partial charge in [-0.15, -0.1) is 0 Å². The van der Waals surface area contributed by atoms with Gasteiger partial charge in [-0.1, -0.05) is 6.92 Å². The van der Waals surface area contributed by atoms with Crippen LogP contribution < -0.4 is 15.6 Å². The lowest BCUT2D eigenvalue weighted by atomic mass is 10.0. The molecule has 0 unspecified atom stereocenters. The molecule has 3 rings (SSSR count). The molecule has 29 heavy (non-hydrogen) atoms. The zero-order chi connectivity index (χ0) is 21.0. The number of anilines is 1. The summed E-state index contributed by atoms with van der Waals surface area (Å²) in [6.45, 7) is 5.19. The molecule has 0 saturated heterocycles. The number of benzene rings is 1. The van der Waals surface area contributed by atoms with Crippen LogP contribution in [0.2, 0.25) is 0 Å². The highest BCUT2D eigenvalue weighted by Crippen LogP contribution is 2.25. The normalized spacial score (nSPS) is 10.4. The molecule has 148 valence electrons. The average molecular weight is 391 g/mol. The summed E-state index contributed by atoms with van der Waals surface area (Å²) in [6.07, 6.45) is 3.01. The standard InChI is InChI=1S/C22H21N3O4/c1-4-15-10-20(13(2)24-21(15)27)17-9-19(12-23-11-17)29-22(28)25-18-7-5-16(6-8-18)14(3)26/h5-12H,4H2,1-3H3,(H,24,27)(H,25,28). The zero-order valence-corrected chi connectivity index (χ0v) is 16.4. The molecule has 2 heterocycles. The summed E-state index contributed by atoms with van der Waals surface area (Å²) < 4.78 is 5.33. The smallest absolute Gasteiger partial charge is 0.408 e. The largest absolute Gasteiger partial charge is 0.417 e. The number of Topliss-reactive ketones (excluding diaryl/α,β-unsaturated/α-hetero) is 1. The first kappa shape index (κ1) is 20.0. The van der Waals surface area contributed by atoms with E-state index in [1.807, 2.05) is 13.0 Å². The van der Waals surface area contributed by atoms with Crippen LogP contribution >= 0.6 is 0 Å². The van der Waals surface area contributed by atoms with Crippen molar-refractivity contribution < 1.29 is 14.3 Å². The van der Waals surface area contributed by atoms with E-state index in [9.17, 15) is 14.4 Å². The Labute approximate surface area is 167 Å². The van der Waals surface area contributed by atoms with E-state index in [4.69, 9.17) is 4.74 Å². The molecule has 0 aliphatic carbocycles. The predicted molar refractivity (Wildman–Crippen MR) is 111 cm³/mol. The molecule has 0 atom stereocenters. The molecule has 0 spiro atoms. The molecular weight excluding hydrogens is 370 g/mol. The van der Waals surface area contributed by atoms with Crippen molar-refractivity contribution in [1.29, 1.82) is 0 Å². The predicted octanol–water partition coefficient (Wildman–Crippen LogP) is 4.12. The fourth-order valence-electron chi connectivity index (χ4n) is 2.89. The molecule has 0 fully saturated rings. The van der Waals surface area contributed by atoms with E-state index in [1.165, 1.54) is 13.1 Å². The molecule has 0 radical (unpaired) electrons. The number of carbonyl (C=O) groups excluding carboxylic acids is 2. The number of H-pyrrole nitrogens is 1. The van der Waals surface area contributed by atoms with Crippen molar-refractivity contribution in [2.24, 2.45) is 0 Å². The van der Waals surface area contributed by atoms with Gasteiger partial charge in [0.05, 0.1) is 6.20 Å². The minimum Gasteiger partial charge on any atom is -0.408 e. The van der Waals surface area contributed by atoms with Crippen LogP contribution in [0, 0.1) is 6.92 Å². The maximum Gasteiger partial charge on any atom is 0.417 e. The van der Waals surface area contributed by atoms with E-state index < -0.39 is 6.09 Å². The number of ketones is 1. The number of amides is 1. The first-order valence-corrected chi connectivity index (χ1v) is 9.15. The molecule has 0 aliphatic heterocycles. The van der Waals surface area contributed by atoms with Gasteiger partial charge in [0, 0.05) is 39.8 Å². The number of aromatic nitrogens is 2. The summed E-state index contributed by atoms with van der Waals surface area (Å²) in [5.41, 5.74) is 3.88. The number of aryl methyl sites for hydroxylation is 2. The SMILES string of the molecule is CCc1cc(-c2cncc(OC(=O)Nc3ccc(C(C)=O)cc3)c2)c(C)[nH]c1=O. The Morgan fingerprint density at radius 3 is 2.52 bits per heavy atom. The fraction of sp³-hybridized carbons (Fsp3) is 0.182. The first-order valence-electron chi connectivity index (χ1n) is 9.15. The van der Waals surface area contributed by atoms with Gasteiger partial charge < -0.3 is 9.72 Å². The van der Waals surface area contributed by atoms with E-state index >= 15 is 0 Å². The van der Waals surface area contributed by atoms with E-state index in [0.29, 0.717) is 28.9 Å². The van der Waals surface area contributed by atoms with Crippen LogP contribution in [0.25, 0.3) is 11.1 Å². The lowest BCUT2D eigenvalue weighted by Crippen LogP contribution is -2.17. The lowest BCUT2D eigenvalue weighted by Gasteiger charge is -2.10. The van der Waals surface area contributed by atoms with Crippen molar-refractivity contribution in [3.05, 3.63) is 76.0 Å². The van der Waals surface area contributed by atoms with E-state index in [1.54, 1.807) is 43.5 Å². The summed E-state index contributed by atoms with van der Waals surface area (Å²) in [5, 5.41) is 2.61. The summed E-state index contributed by atoms with van der Waals surface area (Å²) in [7, 11) is 0. The highest BCUT2D eigenvalue weighted by atomic mass is 16.6. The third-order valence-electron chi connectivity index (χ3n) is 4.47. The van der Waals surface area contributed by atoms with Crippen molar-refractivity contribution in [1.82, 2.24) is 9.97 Å². The molecule has 1 aromatic carbocycles. The van der Waals surface area contributed by atoms with Crippen LogP contribution in [-0.4, -0.2) is 21.8 Å². The molecule has 7 heteroatoms. The summed E-state index contributed by atoms with van der Waals surface area (Å²) >= 11 is 0. The Morgan fingerprint density at radius 2 is 1.86 bits per heavy atom. The highest BCUT2D eigenvalue weighted by molar-refractivity contribution is 5.95. The fourth-order valence-corrected chi connectivity index (χ4v) is 2.89. The number of hydrogen-bond acceptors (Lipinski definition) is 5. The maximum absolute atomic E-state index is 12.2. The van der Waals surface area contributed by atoms with Gasteiger partial charge in [-0.2, -0.15) is 0 Å².